The first-order chi connectivity index (χ1) is 6.99. The van der Waals surface area contributed by atoms with E-state index >= 15 is 0 Å². The molecule has 0 spiro atoms. The Kier molecular flexibility index (Phi) is 7.21. The Balaban J connectivity index is 3.89. The van der Waals surface area contributed by atoms with Gasteiger partial charge in [-0.25, -0.2) is 0 Å². The van der Waals surface area contributed by atoms with Gasteiger partial charge in [-0.15, -0.1) is 0 Å². The summed E-state index contributed by atoms with van der Waals surface area (Å²) in [7, 11) is 0. The van der Waals surface area contributed by atoms with Crippen LogP contribution in [0.3, 0.4) is 0 Å². The molecule has 0 saturated heterocycles. The molecule has 0 aromatic rings. The minimum absolute atomic E-state index is 0.0309. The minimum Gasteiger partial charge on any atom is -0.481 e. The van der Waals surface area contributed by atoms with Crippen molar-refractivity contribution in [3.05, 3.63) is 0 Å². The molecule has 0 aliphatic rings. The zero-order valence-electron chi connectivity index (χ0n) is 9.45. The average Bonchev–Trinajstić information content (AvgIpc) is 2.13. The summed E-state index contributed by atoms with van der Waals surface area (Å²) in [4.78, 5) is 22.0. The second kappa shape index (κ2) is 7.56. The molecule has 1 unspecified atom stereocenters. The Morgan fingerprint density at radius 2 is 2.00 bits per heavy atom. The maximum absolute atomic E-state index is 11.2. The molecule has 2 N–H and O–H groups in total. The van der Waals surface area contributed by atoms with Gasteiger partial charge in [0.2, 0.25) is 5.91 Å². The lowest BCUT2D eigenvalue weighted by molar-refractivity contribution is -0.143. The van der Waals surface area contributed by atoms with E-state index < -0.39 is 11.9 Å². The third-order valence-corrected chi connectivity index (χ3v) is 2.79. The fourth-order valence-corrected chi connectivity index (χ4v) is 1.50. The Bertz CT molecular complexity index is 219. The van der Waals surface area contributed by atoms with Crippen molar-refractivity contribution < 1.29 is 14.7 Å². The number of rotatable bonds is 7. The van der Waals surface area contributed by atoms with Crippen LogP contribution in [0.5, 0.6) is 0 Å². The van der Waals surface area contributed by atoms with Crippen molar-refractivity contribution in [3.63, 3.8) is 0 Å². The summed E-state index contributed by atoms with van der Waals surface area (Å²) >= 11 is 1.60. The number of hydrogen-bond donors (Lipinski definition) is 2. The van der Waals surface area contributed by atoms with Crippen molar-refractivity contribution in [2.45, 2.75) is 20.3 Å². The zero-order chi connectivity index (χ0) is 11.8. The lowest BCUT2D eigenvalue weighted by Gasteiger charge is -2.16. The predicted molar refractivity (Wildman–Crippen MR) is 62.0 cm³/mol. The van der Waals surface area contributed by atoms with E-state index in [1.165, 1.54) is 0 Å². The van der Waals surface area contributed by atoms with Crippen LogP contribution >= 0.6 is 11.8 Å². The van der Waals surface area contributed by atoms with E-state index in [1.54, 1.807) is 11.8 Å². The van der Waals surface area contributed by atoms with Gasteiger partial charge in [0.05, 0.1) is 5.92 Å². The zero-order valence-corrected chi connectivity index (χ0v) is 10.3. The van der Waals surface area contributed by atoms with Crippen LogP contribution in [-0.4, -0.2) is 35.5 Å². The van der Waals surface area contributed by atoms with Crippen molar-refractivity contribution >= 4 is 23.6 Å². The summed E-state index contributed by atoms with van der Waals surface area (Å²) in [6.07, 6.45) is 2.38. The molecule has 0 aromatic carbocycles. The molecule has 0 aromatic heterocycles. The van der Waals surface area contributed by atoms with Crippen LogP contribution in [0.4, 0.5) is 0 Å². The molecule has 5 heteroatoms. The largest absolute Gasteiger partial charge is 0.481 e. The summed E-state index contributed by atoms with van der Waals surface area (Å²) < 4.78 is 0. The topological polar surface area (TPSA) is 66.4 Å². The summed E-state index contributed by atoms with van der Waals surface area (Å²) in [5.74, 6) is -0.622. The fraction of sp³-hybridized carbons (Fsp3) is 0.800. The first kappa shape index (κ1) is 14.3. The standard InChI is InChI=1S/C10H19NO3S/c1-7(2)8(10(13)14)6-11-9(12)4-5-15-3/h7-8H,4-6H2,1-3H3,(H,11,12)(H,13,14). The summed E-state index contributed by atoms with van der Waals surface area (Å²) in [5, 5.41) is 11.5. The molecular formula is C10H19NO3S. The van der Waals surface area contributed by atoms with Crippen molar-refractivity contribution in [2.75, 3.05) is 18.6 Å². The van der Waals surface area contributed by atoms with Gasteiger partial charge in [-0.05, 0) is 12.2 Å². The van der Waals surface area contributed by atoms with Gasteiger partial charge in [0.1, 0.15) is 0 Å². The highest BCUT2D eigenvalue weighted by Crippen LogP contribution is 2.09. The molecule has 88 valence electrons. The summed E-state index contributed by atoms with van der Waals surface area (Å²) in [6.45, 7) is 3.90. The summed E-state index contributed by atoms with van der Waals surface area (Å²) in [5.41, 5.74) is 0. The van der Waals surface area contributed by atoms with Crippen molar-refractivity contribution in [3.8, 4) is 0 Å². The first-order valence-corrected chi connectivity index (χ1v) is 6.36. The average molecular weight is 233 g/mol. The quantitative estimate of drug-likeness (QED) is 0.693. The van der Waals surface area contributed by atoms with Crippen LogP contribution < -0.4 is 5.32 Å². The van der Waals surface area contributed by atoms with Gasteiger partial charge in [0.15, 0.2) is 0 Å². The Morgan fingerprint density at radius 1 is 1.40 bits per heavy atom. The van der Waals surface area contributed by atoms with Crippen LogP contribution in [-0.2, 0) is 9.59 Å². The lowest BCUT2D eigenvalue weighted by atomic mass is 9.96. The Hall–Kier alpha value is -0.710. The maximum Gasteiger partial charge on any atom is 0.308 e. The van der Waals surface area contributed by atoms with Gasteiger partial charge in [0.25, 0.3) is 0 Å². The molecule has 15 heavy (non-hydrogen) atoms. The van der Waals surface area contributed by atoms with Crippen molar-refractivity contribution in [1.29, 1.82) is 0 Å². The Labute approximate surface area is 94.8 Å². The van der Waals surface area contributed by atoms with Gasteiger partial charge in [-0.1, -0.05) is 13.8 Å². The molecule has 0 aliphatic heterocycles. The number of thioether (sulfide) groups is 1. The molecule has 1 amide bonds. The number of carboxylic acid groups (broad SMARTS) is 1. The molecular weight excluding hydrogens is 214 g/mol. The smallest absolute Gasteiger partial charge is 0.308 e. The SMILES string of the molecule is CSCCC(=O)NCC(C(=O)O)C(C)C. The highest BCUT2D eigenvalue weighted by molar-refractivity contribution is 7.98. The van der Waals surface area contributed by atoms with Gasteiger partial charge >= 0.3 is 5.97 Å². The number of nitrogens with one attached hydrogen (secondary N) is 1. The third kappa shape index (κ3) is 6.38. The number of aliphatic carboxylic acids is 1. The highest BCUT2D eigenvalue weighted by atomic mass is 32.2. The van der Waals surface area contributed by atoms with Crippen molar-refractivity contribution in [1.82, 2.24) is 5.32 Å². The monoisotopic (exact) mass is 233 g/mol. The Morgan fingerprint density at radius 3 is 2.40 bits per heavy atom. The molecule has 4 nitrogen and oxygen atoms in total. The predicted octanol–water partition coefficient (Wildman–Crippen LogP) is 1.21. The second-order valence-corrected chi connectivity index (χ2v) is 4.72. The number of carboxylic acids is 1. The number of amides is 1. The van der Waals surface area contributed by atoms with E-state index in [2.05, 4.69) is 5.32 Å². The van der Waals surface area contributed by atoms with Gasteiger partial charge in [-0.3, -0.25) is 9.59 Å². The first-order valence-electron chi connectivity index (χ1n) is 4.97. The molecule has 0 rings (SSSR count). The van der Waals surface area contributed by atoms with Crippen LogP contribution in [0.1, 0.15) is 20.3 Å². The van der Waals surface area contributed by atoms with Crippen LogP contribution in [0.25, 0.3) is 0 Å². The minimum atomic E-state index is -0.852. The molecule has 0 aliphatic carbocycles. The van der Waals surface area contributed by atoms with E-state index in [-0.39, 0.29) is 18.4 Å². The van der Waals surface area contributed by atoms with Gasteiger partial charge in [0, 0.05) is 18.7 Å². The molecule has 0 heterocycles. The maximum atomic E-state index is 11.2. The van der Waals surface area contributed by atoms with Crippen molar-refractivity contribution in [2.24, 2.45) is 11.8 Å². The van der Waals surface area contributed by atoms with E-state index in [4.69, 9.17) is 5.11 Å². The molecule has 0 fully saturated rings. The van der Waals surface area contributed by atoms with E-state index in [0.717, 1.165) is 5.75 Å². The molecule has 1 atom stereocenters. The molecule has 0 saturated carbocycles. The number of carbonyl (C=O) groups is 2. The van der Waals surface area contributed by atoms with Crippen LogP contribution in [0.15, 0.2) is 0 Å². The number of carbonyl (C=O) groups excluding carboxylic acids is 1. The normalized spacial score (nSPS) is 12.5. The summed E-state index contributed by atoms with van der Waals surface area (Å²) in [6, 6.07) is 0. The van der Waals surface area contributed by atoms with E-state index in [9.17, 15) is 9.59 Å². The number of hydrogen-bond acceptors (Lipinski definition) is 3. The molecule has 0 bridgehead atoms. The lowest BCUT2D eigenvalue weighted by Crippen LogP contribution is -2.35. The van der Waals surface area contributed by atoms with Crippen LogP contribution in [0.2, 0.25) is 0 Å². The second-order valence-electron chi connectivity index (χ2n) is 3.74. The van der Waals surface area contributed by atoms with Crippen LogP contribution in [0, 0.1) is 11.8 Å². The highest BCUT2D eigenvalue weighted by Gasteiger charge is 2.21. The van der Waals surface area contributed by atoms with E-state index in [1.807, 2.05) is 20.1 Å². The van der Waals surface area contributed by atoms with Gasteiger partial charge in [-0.2, -0.15) is 11.8 Å². The fourth-order valence-electron chi connectivity index (χ4n) is 1.12. The van der Waals surface area contributed by atoms with Gasteiger partial charge < -0.3 is 10.4 Å². The van der Waals surface area contributed by atoms with E-state index in [0.29, 0.717) is 6.42 Å². The molecule has 0 radical (unpaired) electrons. The third-order valence-electron chi connectivity index (χ3n) is 2.17.